The van der Waals surface area contributed by atoms with Gasteiger partial charge in [0.15, 0.2) is 0 Å². The Bertz CT molecular complexity index is 983. The summed E-state index contributed by atoms with van der Waals surface area (Å²) in [5, 5.41) is 15.0. The summed E-state index contributed by atoms with van der Waals surface area (Å²) < 4.78 is 5.10. The van der Waals surface area contributed by atoms with Gasteiger partial charge in [-0.25, -0.2) is 0 Å². The van der Waals surface area contributed by atoms with Crippen molar-refractivity contribution in [2.45, 2.75) is 6.42 Å². The van der Waals surface area contributed by atoms with Gasteiger partial charge in [0.2, 0.25) is 0 Å². The summed E-state index contributed by atoms with van der Waals surface area (Å²) in [6.07, 6.45) is 0.631. The zero-order valence-electron chi connectivity index (χ0n) is 16.0. The quantitative estimate of drug-likeness (QED) is 0.575. The number of para-hydroxylation sites is 1. The molecule has 0 aliphatic heterocycles. The molecule has 0 radical (unpaired) electrons. The second-order valence-electron chi connectivity index (χ2n) is 6.40. The van der Waals surface area contributed by atoms with E-state index in [4.69, 9.17) is 4.74 Å². The van der Waals surface area contributed by atoms with Crippen molar-refractivity contribution < 1.29 is 19.4 Å². The number of carbonyl (C=O) groups excluding carboxylic acids is 2. The van der Waals surface area contributed by atoms with E-state index in [1.807, 2.05) is 12.1 Å². The minimum Gasteiger partial charge on any atom is -0.508 e. The average molecular weight is 390 g/mol. The first-order valence-corrected chi connectivity index (χ1v) is 9.17. The molecule has 0 fully saturated rings. The molecular formula is C23H22N2O4. The molecule has 3 aromatic carbocycles. The van der Waals surface area contributed by atoms with Crippen LogP contribution in [0.15, 0.2) is 72.8 Å². The van der Waals surface area contributed by atoms with Crippen LogP contribution < -0.4 is 15.4 Å². The SMILES string of the molecule is COc1ccc(C(=O)Nc2ccccc2C(=O)NCCc2ccc(O)cc2)cc1. The van der Waals surface area contributed by atoms with Gasteiger partial charge in [0.25, 0.3) is 11.8 Å². The normalized spacial score (nSPS) is 10.2. The summed E-state index contributed by atoms with van der Waals surface area (Å²) in [7, 11) is 1.56. The van der Waals surface area contributed by atoms with Crippen LogP contribution in [0.3, 0.4) is 0 Å². The van der Waals surface area contributed by atoms with Gasteiger partial charge in [0.1, 0.15) is 11.5 Å². The molecule has 3 aromatic rings. The molecule has 3 N–H and O–H groups in total. The van der Waals surface area contributed by atoms with Crippen LogP contribution in [-0.2, 0) is 6.42 Å². The number of phenolic OH excluding ortho intramolecular Hbond substituents is 1. The van der Waals surface area contributed by atoms with E-state index in [-0.39, 0.29) is 17.6 Å². The second kappa shape index (κ2) is 9.41. The van der Waals surface area contributed by atoms with Crippen LogP contribution in [0.25, 0.3) is 0 Å². The predicted octanol–water partition coefficient (Wildman–Crippen LogP) is 3.63. The number of nitrogens with one attached hydrogen (secondary N) is 2. The third kappa shape index (κ3) is 5.35. The highest BCUT2D eigenvalue weighted by Crippen LogP contribution is 2.18. The van der Waals surface area contributed by atoms with Gasteiger partial charge >= 0.3 is 0 Å². The number of ether oxygens (including phenoxy) is 1. The van der Waals surface area contributed by atoms with Crippen molar-refractivity contribution in [2.24, 2.45) is 0 Å². The van der Waals surface area contributed by atoms with E-state index in [9.17, 15) is 14.7 Å². The Balaban J connectivity index is 1.63. The Morgan fingerprint density at radius 1 is 0.897 bits per heavy atom. The lowest BCUT2D eigenvalue weighted by Crippen LogP contribution is -2.27. The van der Waals surface area contributed by atoms with Crippen LogP contribution in [0.2, 0.25) is 0 Å². The van der Waals surface area contributed by atoms with Gasteiger partial charge in [0, 0.05) is 12.1 Å². The van der Waals surface area contributed by atoms with Crippen molar-refractivity contribution in [1.82, 2.24) is 5.32 Å². The molecule has 3 rings (SSSR count). The molecular weight excluding hydrogens is 368 g/mol. The molecule has 148 valence electrons. The number of phenols is 1. The van der Waals surface area contributed by atoms with Gasteiger partial charge in [0.05, 0.1) is 18.4 Å². The first-order valence-electron chi connectivity index (χ1n) is 9.17. The average Bonchev–Trinajstić information content (AvgIpc) is 2.75. The fraction of sp³-hybridized carbons (Fsp3) is 0.130. The van der Waals surface area contributed by atoms with E-state index < -0.39 is 0 Å². The molecule has 0 unspecified atom stereocenters. The zero-order chi connectivity index (χ0) is 20.6. The van der Waals surface area contributed by atoms with Crippen LogP contribution in [0.1, 0.15) is 26.3 Å². The number of benzene rings is 3. The Hall–Kier alpha value is -3.80. The smallest absolute Gasteiger partial charge is 0.255 e. The van der Waals surface area contributed by atoms with E-state index in [0.717, 1.165) is 5.56 Å². The molecule has 0 aliphatic carbocycles. The van der Waals surface area contributed by atoms with E-state index in [1.165, 1.54) is 0 Å². The fourth-order valence-corrected chi connectivity index (χ4v) is 2.81. The lowest BCUT2D eigenvalue weighted by molar-refractivity contribution is 0.0955. The van der Waals surface area contributed by atoms with Gasteiger partial charge < -0.3 is 20.5 Å². The minimum absolute atomic E-state index is 0.208. The van der Waals surface area contributed by atoms with Crippen molar-refractivity contribution in [3.8, 4) is 11.5 Å². The molecule has 0 atom stereocenters. The number of hydrogen-bond acceptors (Lipinski definition) is 4. The number of aromatic hydroxyl groups is 1. The first kappa shape index (κ1) is 19.9. The van der Waals surface area contributed by atoms with Gasteiger partial charge in [-0.05, 0) is 60.5 Å². The van der Waals surface area contributed by atoms with Crippen LogP contribution in [0.5, 0.6) is 11.5 Å². The summed E-state index contributed by atoms with van der Waals surface area (Å²) >= 11 is 0. The minimum atomic E-state index is -0.308. The number of carbonyl (C=O) groups is 2. The molecule has 0 bridgehead atoms. The first-order chi connectivity index (χ1) is 14.1. The number of methoxy groups -OCH3 is 1. The maximum absolute atomic E-state index is 12.6. The summed E-state index contributed by atoms with van der Waals surface area (Å²) in [6.45, 7) is 0.435. The Morgan fingerprint density at radius 2 is 1.59 bits per heavy atom. The standard InChI is InChI=1S/C23H22N2O4/c1-29-19-12-8-17(9-13-19)22(27)25-21-5-3-2-4-20(21)23(28)24-15-14-16-6-10-18(26)11-7-16/h2-13,26H,14-15H2,1H3,(H,24,28)(H,25,27). The highest BCUT2D eigenvalue weighted by atomic mass is 16.5. The predicted molar refractivity (Wildman–Crippen MR) is 112 cm³/mol. The highest BCUT2D eigenvalue weighted by molar-refractivity contribution is 6.09. The van der Waals surface area contributed by atoms with E-state index in [1.54, 1.807) is 67.8 Å². The zero-order valence-corrected chi connectivity index (χ0v) is 16.0. The number of rotatable bonds is 7. The highest BCUT2D eigenvalue weighted by Gasteiger charge is 2.14. The van der Waals surface area contributed by atoms with Gasteiger partial charge in [-0.15, -0.1) is 0 Å². The van der Waals surface area contributed by atoms with Crippen molar-refractivity contribution in [3.63, 3.8) is 0 Å². The van der Waals surface area contributed by atoms with Crippen LogP contribution in [0, 0.1) is 0 Å². The molecule has 29 heavy (non-hydrogen) atoms. The molecule has 6 nitrogen and oxygen atoms in total. The number of hydrogen-bond donors (Lipinski definition) is 3. The van der Waals surface area contributed by atoms with Crippen molar-refractivity contribution in [2.75, 3.05) is 19.0 Å². The van der Waals surface area contributed by atoms with Crippen LogP contribution in [0.4, 0.5) is 5.69 Å². The van der Waals surface area contributed by atoms with Gasteiger partial charge in [-0.1, -0.05) is 24.3 Å². The topological polar surface area (TPSA) is 87.7 Å². The Morgan fingerprint density at radius 3 is 2.28 bits per heavy atom. The lowest BCUT2D eigenvalue weighted by Gasteiger charge is -2.12. The molecule has 2 amide bonds. The number of amides is 2. The summed E-state index contributed by atoms with van der Waals surface area (Å²) in [6, 6.07) is 20.4. The maximum atomic E-state index is 12.6. The molecule has 0 saturated heterocycles. The largest absolute Gasteiger partial charge is 0.508 e. The summed E-state index contributed by atoms with van der Waals surface area (Å²) in [5.74, 6) is 0.292. The summed E-state index contributed by atoms with van der Waals surface area (Å²) in [4.78, 5) is 25.1. The second-order valence-corrected chi connectivity index (χ2v) is 6.40. The Kier molecular flexibility index (Phi) is 6.47. The fourth-order valence-electron chi connectivity index (χ4n) is 2.81. The van der Waals surface area contributed by atoms with E-state index in [0.29, 0.717) is 35.5 Å². The van der Waals surface area contributed by atoms with Crippen molar-refractivity contribution in [1.29, 1.82) is 0 Å². The molecule has 0 aromatic heterocycles. The molecule has 0 saturated carbocycles. The number of anilines is 1. The Labute approximate surface area is 169 Å². The third-order valence-corrected chi connectivity index (χ3v) is 4.41. The van der Waals surface area contributed by atoms with Crippen LogP contribution in [-0.4, -0.2) is 30.6 Å². The molecule has 0 heterocycles. The van der Waals surface area contributed by atoms with Gasteiger partial charge in [-0.3, -0.25) is 9.59 Å². The molecule has 6 heteroatoms. The lowest BCUT2D eigenvalue weighted by atomic mass is 10.1. The van der Waals surface area contributed by atoms with Crippen molar-refractivity contribution >= 4 is 17.5 Å². The van der Waals surface area contributed by atoms with E-state index >= 15 is 0 Å². The third-order valence-electron chi connectivity index (χ3n) is 4.41. The maximum Gasteiger partial charge on any atom is 0.255 e. The summed E-state index contributed by atoms with van der Waals surface area (Å²) in [5.41, 5.74) is 2.30. The van der Waals surface area contributed by atoms with Gasteiger partial charge in [-0.2, -0.15) is 0 Å². The van der Waals surface area contributed by atoms with E-state index in [2.05, 4.69) is 10.6 Å². The van der Waals surface area contributed by atoms with Crippen LogP contribution >= 0.6 is 0 Å². The molecule has 0 spiro atoms. The molecule has 0 aliphatic rings. The monoisotopic (exact) mass is 390 g/mol. The van der Waals surface area contributed by atoms with Crippen molar-refractivity contribution in [3.05, 3.63) is 89.5 Å².